The van der Waals surface area contributed by atoms with E-state index in [1.807, 2.05) is 0 Å². The highest BCUT2D eigenvalue weighted by Gasteiger charge is 2.22. The van der Waals surface area contributed by atoms with Crippen molar-refractivity contribution >= 4 is 5.78 Å². The summed E-state index contributed by atoms with van der Waals surface area (Å²) in [6.07, 6.45) is 0.503. The van der Waals surface area contributed by atoms with Crippen LogP contribution in [0, 0.1) is 0 Å². The molecule has 1 aliphatic heterocycles. The largest absolute Gasteiger partial charge is 0.504 e. The minimum Gasteiger partial charge on any atom is -0.504 e. The molecular formula is C11H12O4. The number of Topliss-reactive ketones (excluding diaryl/α,β-unsaturated/α-hetero) is 1. The van der Waals surface area contributed by atoms with E-state index in [0.717, 1.165) is 5.56 Å². The number of ketones is 1. The van der Waals surface area contributed by atoms with Gasteiger partial charge in [-0.2, -0.15) is 0 Å². The lowest BCUT2D eigenvalue weighted by atomic mass is 10.0. The van der Waals surface area contributed by atoms with Crippen LogP contribution in [0.4, 0.5) is 0 Å². The molecule has 0 amide bonds. The first kappa shape index (κ1) is 9.98. The van der Waals surface area contributed by atoms with Crippen molar-refractivity contribution in [2.24, 2.45) is 0 Å². The lowest BCUT2D eigenvalue weighted by Gasteiger charge is -2.22. The highest BCUT2D eigenvalue weighted by Crippen LogP contribution is 2.32. The molecule has 1 aliphatic rings. The molecule has 80 valence electrons. The summed E-state index contributed by atoms with van der Waals surface area (Å²) in [7, 11) is 0. The van der Waals surface area contributed by atoms with Gasteiger partial charge in [-0.3, -0.25) is 4.79 Å². The Morgan fingerprint density at radius 2 is 2.07 bits per heavy atom. The molecule has 1 aromatic carbocycles. The average molecular weight is 208 g/mol. The molecule has 4 heteroatoms. The fourth-order valence-electron chi connectivity index (χ4n) is 1.64. The highest BCUT2D eigenvalue weighted by molar-refractivity contribution is 5.79. The Bertz CT molecular complexity index is 386. The molecule has 0 radical (unpaired) electrons. The summed E-state index contributed by atoms with van der Waals surface area (Å²) in [5.74, 6) is -0.186. The second-order valence-corrected chi connectivity index (χ2v) is 3.60. The van der Waals surface area contributed by atoms with Crippen LogP contribution >= 0.6 is 0 Å². The summed E-state index contributed by atoms with van der Waals surface area (Å²) >= 11 is 0. The maximum Gasteiger partial charge on any atom is 0.157 e. The predicted octanol–water partition coefficient (Wildman–Crippen LogP) is 1.52. The summed E-state index contributed by atoms with van der Waals surface area (Å²) in [6, 6.07) is 4.48. The first-order valence-electron chi connectivity index (χ1n) is 4.82. The van der Waals surface area contributed by atoms with Gasteiger partial charge in [0.25, 0.3) is 0 Å². The maximum absolute atomic E-state index is 11.2. The summed E-state index contributed by atoms with van der Waals surface area (Å²) in [5, 5.41) is 18.4. The third-order valence-corrected chi connectivity index (χ3v) is 2.48. The molecule has 0 saturated carbocycles. The van der Waals surface area contributed by atoms with Crippen molar-refractivity contribution in [2.75, 3.05) is 6.61 Å². The van der Waals surface area contributed by atoms with Crippen molar-refractivity contribution < 1.29 is 19.7 Å². The van der Waals surface area contributed by atoms with Crippen molar-refractivity contribution in [1.29, 1.82) is 0 Å². The first-order chi connectivity index (χ1) is 7.16. The zero-order valence-electron chi connectivity index (χ0n) is 8.14. The number of carbonyl (C=O) groups is 1. The van der Waals surface area contributed by atoms with Gasteiger partial charge in [-0.1, -0.05) is 6.07 Å². The van der Waals surface area contributed by atoms with Gasteiger partial charge in [0.1, 0.15) is 5.78 Å². The smallest absolute Gasteiger partial charge is 0.157 e. The predicted molar refractivity (Wildman–Crippen MR) is 52.7 cm³/mol. The molecule has 2 N–H and O–H groups in total. The van der Waals surface area contributed by atoms with Crippen molar-refractivity contribution in [1.82, 2.24) is 0 Å². The topological polar surface area (TPSA) is 66.8 Å². The van der Waals surface area contributed by atoms with Crippen LogP contribution in [-0.2, 0) is 9.53 Å². The van der Waals surface area contributed by atoms with E-state index in [4.69, 9.17) is 9.84 Å². The molecule has 1 atom stereocenters. The van der Waals surface area contributed by atoms with Gasteiger partial charge in [-0.05, 0) is 17.7 Å². The zero-order chi connectivity index (χ0) is 10.8. The van der Waals surface area contributed by atoms with Gasteiger partial charge in [0.05, 0.1) is 12.7 Å². The van der Waals surface area contributed by atoms with Gasteiger partial charge in [0, 0.05) is 12.8 Å². The van der Waals surface area contributed by atoms with Crippen LogP contribution in [-0.4, -0.2) is 22.6 Å². The van der Waals surface area contributed by atoms with Crippen LogP contribution in [0.5, 0.6) is 11.5 Å². The van der Waals surface area contributed by atoms with E-state index >= 15 is 0 Å². The molecule has 1 fully saturated rings. The summed E-state index contributed by atoms with van der Waals surface area (Å²) < 4.78 is 5.42. The molecule has 1 saturated heterocycles. The number of hydrogen-bond donors (Lipinski definition) is 2. The van der Waals surface area contributed by atoms with Crippen LogP contribution in [0.2, 0.25) is 0 Å². The Hall–Kier alpha value is -1.55. The van der Waals surface area contributed by atoms with Crippen LogP contribution in [0.15, 0.2) is 18.2 Å². The molecule has 0 aromatic heterocycles. The fourth-order valence-corrected chi connectivity index (χ4v) is 1.64. The van der Waals surface area contributed by atoms with E-state index in [1.54, 1.807) is 6.07 Å². The quantitative estimate of drug-likeness (QED) is 0.686. The summed E-state index contributed by atoms with van der Waals surface area (Å²) in [4.78, 5) is 11.2. The molecule has 15 heavy (non-hydrogen) atoms. The van der Waals surface area contributed by atoms with Crippen LogP contribution < -0.4 is 0 Å². The minimum absolute atomic E-state index is 0.166. The minimum atomic E-state index is -0.294. The number of aromatic hydroxyl groups is 2. The van der Waals surface area contributed by atoms with Gasteiger partial charge in [-0.25, -0.2) is 0 Å². The molecule has 1 heterocycles. The Kier molecular flexibility index (Phi) is 2.60. The number of hydrogen-bond acceptors (Lipinski definition) is 4. The lowest BCUT2D eigenvalue weighted by Crippen LogP contribution is -2.19. The van der Waals surface area contributed by atoms with Crippen LogP contribution in [0.1, 0.15) is 24.5 Å². The van der Waals surface area contributed by atoms with Gasteiger partial charge in [0.2, 0.25) is 0 Å². The Balaban J connectivity index is 2.21. The second-order valence-electron chi connectivity index (χ2n) is 3.60. The lowest BCUT2D eigenvalue weighted by molar-refractivity contribution is -0.128. The van der Waals surface area contributed by atoms with Crippen molar-refractivity contribution in [3.63, 3.8) is 0 Å². The fraction of sp³-hybridized carbons (Fsp3) is 0.364. The van der Waals surface area contributed by atoms with E-state index in [2.05, 4.69) is 0 Å². The number of ether oxygens (including phenoxy) is 1. The zero-order valence-corrected chi connectivity index (χ0v) is 8.14. The number of carbonyl (C=O) groups excluding carboxylic acids is 1. The molecule has 1 unspecified atom stereocenters. The van der Waals surface area contributed by atoms with E-state index in [0.29, 0.717) is 19.4 Å². The molecule has 0 aliphatic carbocycles. The SMILES string of the molecule is O=C1CCOC(c2ccc(O)c(O)c2)C1. The number of phenols is 2. The number of rotatable bonds is 1. The van der Waals surface area contributed by atoms with Gasteiger partial charge >= 0.3 is 0 Å². The summed E-state index contributed by atoms with van der Waals surface area (Å²) in [6.45, 7) is 0.422. The number of phenolic OH excluding ortho intramolecular Hbond substituents is 2. The van der Waals surface area contributed by atoms with Crippen LogP contribution in [0.3, 0.4) is 0 Å². The van der Waals surface area contributed by atoms with Gasteiger partial charge in [0.15, 0.2) is 11.5 Å². The van der Waals surface area contributed by atoms with Crippen molar-refractivity contribution in [3.05, 3.63) is 23.8 Å². The average Bonchev–Trinajstić information content (AvgIpc) is 2.22. The molecule has 2 rings (SSSR count). The third-order valence-electron chi connectivity index (χ3n) is 2.48. The van der Waals surface area contributed by atoms with Crippen molar-refractivity contribution in [2.45, 2.75) is 18.9 Å². The molecule has 1 aromatic rings. The molecular weight excluding hydrogens is 196 g/mol. The molecule has 4 nitrogen and oxygen atoms in total. The Labute approximate surface area is 87.1 Å². The van der Waals surface area contributed by atoms with E-state index in [1.165, 1.54) is 12.1 Å². The van der Waals surface area contributed by atoms with Crippen molar-refractivity contribution in [3.8, 4) is 11.5 Å². The summed E-state index contributed by atoms with van der Waals surface area (Å²) in [5.41, 5.74) is 0.721. The Morgan fingerprint density at radius 1 is 1.27 bits per heavy atom. The third kappa shape index (κ3) is 2.10. The highest BCUT2D eigenvalue weighted by atomic mass is 16.5. The monoisotopic (exact) mass is 208 g/mol. The molecule has 0 spiro atoms. The second kappa shape index (κ2) is 3.90. The maximum atomic E-state index is 11.2. The Morgan fingerprint density at radius 3 is 2.73 bits per heavy atom. The normalized spacial score (nSPS) is 21.6. The van der Waals surface area contributed by atoms with Gasteiger partial charge < -0.3 is 14.9 Å². The first-order valence-corrected chi connectivity index (χ1v) is 4.82. The van der Waals surface area contributed by atoms with Gasteiger partial charge in [-0.15, -0.1) is 0 Å². The van der Waals surface area contributed by atoms with E-state index < -0.39 is 0 Å². The van der Waals surface area contributed by atoms with E-state index in [-0.39, 0.29) is 23.4 Å². The molecule has 0 bridgehead atoms. The van der Waals surface area contributed by atoms with E-state index in [9.17, 15) is 9.90 Å². The standard InChI is InChI=1S/C11H12O4/c12-8-3-4-15-11(6-8)7-1-2-9(13)10(14)5-7/h1-2,5,11,13-14H,3-4,6H2. The number of benzene rings is 1. The van der Waals surface area contributed by atoms with Crippen LogP contribution in [0.25, 0.3) is 0 Å².